The van der Waals surface area contributed by atoms with Crippen LogP contribution in [0.4, 0.5) is 33.6 Å². The highest BCUT2D eigenvalue weighted by Crippen LogP contribution is 2.45. The SMILES string of the molecule is Cn1ncc2c(-c3nc(N)c4c(n3)NC(=O)C4(C)c3ccccc3)nc(CCC(F)(F)C(F)(F)F)nc21. The molecule has 3 aromatic heterocycles. The fourth-order valence-corrected chi connectivity index (χ4v) is 4.32. The summed E-state index contributed by atoms with van der Waals surface area (Å²) in [5.74, 6) is -5.53. The number of amides is 1. The number of carbonyl (C=O) groups excluding carboxylic acids is 1. The van der Waals surface area contributed by atoms with Gasteiger partial charge in [-0.3, -0.25) is 9.48 Å². The Labute approximate surface area is 206 Å². The smallest absolute Gasteiger partial charge is 0.383 e. The largest absolute Gasteiger partial charge is 0.453 e. The molecule has 0 aliphatic carbocycles. The van der Waals surface area contributed by atoms with Crippen molar-refractivity contribution in [1.82, 2.24) is 29.7 Å². The van der Waals surface area contributed by atoms with E-state index in [1.54, 1.807) is 37.3 Å². The van der Waals surface area contributed by atoms with Crippen molar-refractivity contribution in [2.45, 2.75) is 37.3 Å². The van der Waals surface area contributed by atoms with E-state index in [1.807, 2.05) is 0 Å². The third-order valence-corrected chi connectivity index (χ3v) is 6.40. The van der Waals surface area contributed by atoms with Gasteiger partial charge in [0.1, 0.15) is 28.6 Å². The maximum atomic E-state index is 13.5. The first-order valence-corrected chi connectivity index (χ1v) is 11.0. The van der Waals surface area contributed by atoms with Crippen molar-refractivity contribution in [2.75, 3.05) is 11.1 Å². The molecule has 1 atom stereocenters. The van der Waals surface area contributed by atoms with E-state index in [9.17, 15) is 26.7 Å². The zero-order valence-corrected chi connectivity index (χ0v) is 19.4. The molecule has 0 fully saturated rings. The third-order valence-electron chi connectivity index (χ3n) is 6.40. The maximum absolute atomic E-state index is 13.5. The first-order chi connectivity index (χ1) is 17.3. The minimum atomic E-state index is -5.70. The van der Waals surface area contributed by atoms with E-state index in [0.717, 1.165) is 0 Å². The van der Waals surface area contributed by atoms with Crippen molar-refractivity contribution in [2.24, 2.45) is 7.05 Å². The molecule has 0 saturated heterocycles. The summed E-state index contributed by atoms with van der Waals surface area (Å²) < 4.78 is 66.4. The van der Waals surface area contributed by atoms with Gasteiger partial charge in [0.25, 0.3) is 0 Å². The van der Waals surface area contributed by atoms with Gasteiger partial charge < -0.3 is 11.1 Å². The second-order valence-electron chi connectivity index (χ2n) is 8.80. The van der Waals surface area contributed by atoms with Crippen molar-refractivity contribution < 1.29 is 26.7 Å². The van der Waals surface area contributed by atoms with Gasteiger partial charge in [0, 0.05) is 19.9 Å². The van der Waals surface area contributed by atoms with Crippen LogP contribution in [0.5, 0.6) is 0 Å². The number of fused-ring (bicyclic) bond motifs is 2. The van der Waals surface area contributed by atoms with E-state index >= 15 is 0 Å². The molecule has 14 heteroatoms. The number of carbonyl (C=O) groups is 1. The molecule has 0 saturated carbocycles. The molecule has 1 aromatic carbocycles. The summed E-state index contributed by atoms with van der Waals surface area (Å²) in [4.78, 5) is 30.1. The van der Waals surface area contributed by atoms with Crippen molar-refractivity contribution >= 4 is 28.6 Å². The summed E-state index contributed by atoms with van der Waals surface area (Å²) >= 11 is 0. The Hall–Kier alpha value is -4.23. The lowest BCUT2D eigenvalue weighted by Gasteiger charge is -2.23. The van der Waals surface area contributed by atoms with Crippen LogP contribution < -0.4 is 11.1 Å². The predicted molar refractivity (Wildman–Crippen MR) is 123 cm³/mol. The molecule has 1 aliphatic rings. The number of halogens is 5. The third kappa shape index (κ3) is 3.83. The standard InChI is InChI=1S/C23H19F5N8O/c1-21(11-6-4-3-5-7-11)14-16(29)33-18(34-17(14)35-20(21)37)15-12-10-30-36(2)19(12)32-13(31-15)8-9-22(24,25)23(26,27)28/h3-7,10H,8-9H2,1-2H3,(H3,29,33,34,35,37). The molecule has 0 radical (unpaired) electrons. The number of aryl methyl sites for hydroxylation is 2. The van der Waals surface area contributed by atoms with Gasteiger partial charge in [0.2, 0.25) is 5.91 Å². The summed E-state index contributed by atoms with van der Waals surface area (Å²) in [6, 6.07) is 8.91. The minimum Gasteiger partial charge on any atom is -0.383 e. The van der Waals surface area contributed by atoms with Gasteiger partial charge in [-0.05, 0) is 12.5 Å². The van der Waals surface area contributed by atoms with Gasteiger partial charge in [-0.2, -0.15) is 27.1 Å². The fourth-order valence-electron chi connectivity index (χ4n) is 4.32. The van der Waals surface area contributed by atoms with E-state index in [2.05, 4.69) is 30.4 Å². The number of alkyl halides is 5. The average Bonchev–Trinajstić information content (AvgIpc) is 3.34. The van der Waals surface area contributed by atoms with Crippen LogP contribution in [0, 0.1) is 0 Å². The number of nitrogens with one attached hydrogen (secondary N) is 1. The molecule has 9 nitrogen and oxygen atoms in total. The number of aromatic nitrogens is 6. The van der Waals surface area contributed by atoms with Crippen molar-refractivity contribution in [3.63, 3.8) is 0 Å². The number of benzene rings is 1. The van der Waals surface area contributed by atoms with E-state index in [4.69, 9.17) is 5.73 Å². The molecule has 4 heterocycles. The molecule has 37 heavy (non-hydrogen) atoms. The van der Waals surface area contributed by atoms with Crippen LogP contribution in [0.15, 0.2) is 36.5 Å². The number of anilines is 2. The minimum absolute atomic E-state index is 0.0227. The number of nitrogen functional groups attached to an aromatic ring is 1. The average molecular weight is 518 g/mol. The molecule has 1 amide bonds. The summed E-state index contributed by atoms with van der Waals surface area (Å²) in [7, 11) is 1.52. The lowest BCUT2D eigenvalue weighted by molar-refractivity contribution is -0.284. The Kier molecular flexibility index (Phi) is 5.39. The molecule has 1 unspecified atom stereocenters. The van der Waals surface area contributed by atoms with Gasteiger partial charge in [0.15, 0.2) is 11.5 Å². The van der Waals surface area contributed by atoms with Crippen LogP contribution in [-0.4, -0.2) is 47.7 Å². The van der Waals surface area contributed by atoms with E-state index in [0.29, 0.717) is 16.5 Å². The highest BCUT2D eigenvalue weighted by Gasteiger charge is 2.56. The molecular formula is C23H19F5N8O. The van der Waals surface area contributed by atoms with Crippen LogP contribution in [0.2, 0.25) is 0 Å². The van der Waals surface area contributed by atoms with Gasteiger partial charge in [-0.25, -0.2) is 19.9 Å². The first-order valence-electron chi connectivity index (χ1n) is 11.0. The molecule has 1 aliphatic heterocycles. The maximum Gasteiger partial charge on any atom is 0.453 e. The summed E-state index contributed by atoms with van der Waals surface area (Å²) in [6.07, 6.45) is -6.63. The number of rotatable bonds is 5. The van der Waals surface area contributed by atoms with E-state index < -0.39 is 30.4 Å². The summed E-state index contributed by atoms with van der Waals surface area (Å²) in [6.45, 7) is 1.69. The van der Waals surface area contributed by atoms with E-state index in [1.165, 1.54) is 17.9 Å². The lowest BCUT2D eigenvalue weighted by atomic mass is 9.78. The lowest BCUT2D eigenvalue weighted by Crippen LogP contribution is -2.36. The predicted octanol–water partition coefficient (Wildman–Crippen LogP) is 3.79. The van der Waals surface area contributed by atoms with Crippen LogP contribution >= 0.6 is 0 Å². The number of nitrogens with two attached hydrogens (primary N) is 1. The molecule has 0 spiro atoms. The highest BCUT2D eigenvalue weighted by molar-refractivity contribution is 6.09. The number of nitrogens with zero attached hydrogens (tertiary/aromatic N) is 6. The first kappa shape index (κ1) is 24.5. The Morgan fingerprint density at radius 2 is 1.76 bits per heavy atom. The van der Waals surface area contributed by atoms with Crippen molar-refractivity contribution in [3.8, 4) is 11.5 Å². The second kappa shape index (κ2) is 8.15. The Morgan fingerprint density at radius 3 is 2.43 bits per heavy atom. The van der Waals surface area contributed by atoms with Crippen LogP contribution in [0.3, 0.4) is 0 Å². The summed E-state index contributed by atoms with van der Waals surface area (Å²) in [5, 5.41) is 7.10. The molecule has 3 N–H and O–H groups in total. The monoisotopic (exact) mass is 518 g/mol. The Balaban J connectivity index is 1.61. The molecule has 4 aromatic rings. The summed E-state index contributed by atoms with van der Waals surface area (Å²) in [5.41, 5.74) is 6.35. The zero-order valence-electron chi connectivity index (χ0n) is 19.4. The van der Waals surface area contributed by atoms with Crippen LogP contribution in [-0.2, 0) is 23.7 Å². The fraction of sp³-hybridized carbons (Fsp3) is 0.304. The molecule has 5 rings (SSSR count). The second-order valence-corrected chi connectivity index (χ2v) is 8.80. The van der Waals surface area contributed by atoms with Crippen molar-refractivity contribution in [1.29, 1.82) is 0 Å². The highest BCUT2D eigenvalue weighted by atomic mass is 19.4. The molecule has 192 valence electrons. The van der Waals surface area contributed by atoms with Crippen molar-refractivity contribution in [3.05, 3.63) is 53.5 Å². The Morgan fingerprint density at radius 1 is 1.05 bits per heavy atom. The Bertz CT molecular complexity index is 1540. The zero-order chi connectivity index (χ0) is 26.8. The molecular weight excluding hydrogens is 499 g/mol. The topological polar surface area (TPSA) is 124 Å². The quantitative estimate of drug-likeness (QED) is 0.385. The number of hydrogen-bond donors (Lipinski definition) is 2. The van der Waals surface area contributed by atoms with Gasteiger partial charge in [-0.15, -0.1) is 0 Å². The van der Waals surface area contributed by atoms with Gasteiger partial charge >= 0.3 is 12.1 Å². The normalized spacial score (nSPS) is 17.8. The number of hydrogen-bond acceptors (Lipinski definition) is 7. The van der Waals surface area contributed by atoms with Gasteiger partial charge in [0.05, 0.1) is 17.1 Å². The van der Waals surface area contributed by atoms with Gasteiger partial charge in [-0.1, -0.05) is 30.3 Å². The molecule has 0 bridgehead atoms. The van der Waals surface area contributed by atoms with E-state index in [-0.39, 0.29) is 40.5 Å². The van der Waals surface area contributed by atoms with Crippen LogP contribution in [0.1, 0.15) is 30.3 Å². The van der Waals surface area contributed by atoms with Crippen LogP contribution in [0.25, 0.3) is 22.6 Å².